The van der Waals surface area contributed by atoms with Crippen LogP contribution in [0.1, 0.15) is 31.5 Å². The van der Waals surface area contributed by atoms with Gasteiger partial charge in [0.1, 0.15) is 5.01 Å². The molecule has 2 N–H and O–H groups in total. The maximum absolute atomic E-state index is 12.5. The molecule has 0 aliphatic rings. The summed E-state index contributed by atoms with van der Waals surface area (Å²) in [5, 5.41) is 7.52. The predicted octanol–water partition coefficient (Wildman–Crippen LogP) is 2.56. The molecular formula is C14H24F3N5S. The Kier molecular flexibility index (Phi) is 7.77. The van der Waals surface area contributed by atoms with E-state index >= 15 is 0 Å². The van der Waals surface area contributed by atoms with Crippen molar-refractivity contribution in [3.05, 3.63) is 16.1 Å². The fraction of sp³-hybridized carbons (Fsp3) is 0.714. The largest absolute Gasteiger partial charge is 0.434 e. The highest BCUT2D eigenvalue weighted by Crippen LogP contribution is 2.29. The summed E-state index contributed by atoms with van der Waals surface area (Å²) >= 11 is 0.981. The summed E-state index contributed by atoms with van der Waals surface area (Å²) in [7, 11) is 1.62. The van der Waals surface area contributed by atoms with Crippen LogP contribution in [-0.4, -0.2) is 48.6 Å². The van der Waals surface area contributed by atoms with Gasteiger partial charge in [0.25, 0.3) is 0 Å². The van der Waals surface area contributed by atoms with Crippen molar-refractivity contribution in [3.63, 3.8) is 0 Å². The van der Waals surface area contributed by atoms with E-state index < -0.39 is 11.9 Å². The van der Waals surface area contributed by atoms with E-state index in [9.17, 15) is 13.2 Å². The van der Waals surface area contributed by atoms with Gasteiger partial charge >= 0.3 is 6.18 Å². The van der Waals surface area contributed by atoms with Gasteiger partial charge in [-0.3, -0.25) is 9.89 Å². The van der Waals surface area contributed by atoms with E-state index in [0.29, 0.717) is 23.6 Å². The molecule has 0 radical (unpaired) electrons. The molecule has 1 aromatic heterocycles. The van der Waals surface area contributed by atoms with E-state index in [0.717, 1.165) is 29.8 Å². The number of likely N-dealkylation sites (N-methyl/N-ethyl adjacent to an activating group) is 1. The zero-order chi connectivity index (χ0) is 17.5. The zero-order valence-electron chi connectivity index (χ0n) is 13.9. The Morgan fingerprint density at radius 2 is 2.09 bits per heavy atom. The summed E-state index contributed by atoms with van der Waals surface area (Å²) in [6.45, 7) is 9.12. The second-order valence-corrected chi connectivity index (χ2v) is 6.14. The lowest BCUT2D eigenvalue weighted by Gasteiger charge is -2.25. The molecule has 0 atom stereocenters. The molecule has 0 saturated carbocycles. The number of nitrogens with one attached hydrogen (secondary N) is 2. The topological polar surface area (TPSA) is 52.5 Å². The van der Waals surface area contributed by atoms with Crippen molar-refractivity contribution in [2.24, 2.45) is 4.99 Å². The van der Waals surface area contributed by atoms with Crippen molar-refractivity contribution >= 4 is 17.3 Å². The second-order valence-electron chi connectivity index (χ2n) is 5.20. The third-order valence-corrected chi connectivity index (χ3v) is 4.15. The number of aromatic nitrogens is 1. The number of hydrogen-bond donors (Lipinski definition) is 2. The van der Waals surface area contributed by atoms with Crippen LogP contribution in [0.2, 0.25) is 0 Å². The van der Waals surface area contributed by atoms with Crippen molar-refractivity contribution in [1.82, 2.24) is 20.5 Å². The zero-order valence-corrected chi connectivity index (χ0v) is 14.7. The molecular weight excluding hydrogens is 327 g/mol. The molecule has 0 bridgehead atoms. The van der Waals surface area contributed by atoms with Gasteiger partial charge in [0.15, 0.2) is 11.7 Å². The average Bonchev–Trinajstić information content (AvgIpc) is 2.95. The minimum absolute atomic E-state index is 0.210. The van der Waals surface area contributed by atoms with E-state index in [4.69, 9.17) is 0 Å². The molecule has 0 spiro atoms. The molecule has 0 aliphatic heterocycles. The van der Waals surface area contributed by atoms with Crippen LogP contribution in [0.4, 0.5) is 13.2 Å². The molecule has 0 aliphatic carbocycles. The van der Waals surface area contributed by atoms with Crippen molar-refractivity contribution < 1.29 is 13.2 Å². The lowest BCUT2D eigenvalue weighted by atomic mass is 10.3. The Balaban J connectivity index is 2.41. The van der Waals surface area contributed by atoms with E-state index in [1.807, 2.05) is 0 Å². The third-order valence-electron chi connectivity index (χ3n) is 3.30. The Bertz CT molecular complexity index is 499. The molecule has 0 saturated heterocycles. The minimum Gasteiger partial charge on any atom is -0.355 e. The van der Waals surface area contributed by atoms with Crippen LogP contribution >= 0.6 is 11.3 Å². The molecule has 0 amide bonds. The molecule has 1 aromatic rings. The van der Waals surface area contributed by atoms with Crippen LogP contribution in [0.25, 0.3) is 0 Å². The highest BCUT2D eigenvalue weighted by atomic mass is 32.1. The van der Waals surface area contributed by atoms with Crippen LogP contribution < -0.4 is 10.6 Å². The highest BCUT2D eigenvalue weighted by molar-refractivity contribution is 7.09. The number of thiazole rings is 1. The first kappa shape index (κ1) is 19.7. The van der Waals surface area contributed by atoms with Gasteiger partial charge < -0.3 is 10.6 Å². The van der Waals surface area contributed by atoms with E-state index in [-0.39, 0.29) is 6.54 Å². The minimum atomic E-state index is -4.39. The maximum Gasteiger partial charge on any atom is 0.434 e. The van der Waals surface area contributed by atoms with E-state index in [1.165, 1.54) is 0 Å². The van der Waals surface area contributed by atoms with Gasteiger partial charge in [0.05, 0.1) is 6.54 Å². The number of nitrogens with zero attached hydrogens (tertiary/aromatic N) is 3. The van der Waals surface area contributed by atoms with Crippen molar-refractivity contribution in [3.8, 4) is 0 Å². The summed E-state index contributed by atoms with van der Waals surface area (Å²) in [5.74, 6) is 0.550. The van der Waals surface area contributed by atoms with Crippen LogP contribution in [0.5, 0.6) is 0 Å². The number of guanidine groups is 1. The van der Waals surface area contributed by atoms with Crippen LogP contribution in [0.15, 0.2) is 10.4 Å². The Morgan fingerprint density at radius 1 is 1.39 bits per heavy atom. The van der Waals surface area contributed by atoms with Gasteiger partial charge in [-0.1, -0.05) is 6.92 Å². The SMILES string of the molecule is CCN(CCNC(=NC)NCc1nc(C(F)(F)F)cs1)C(C)C. The van der Waals surface area contributed by atoms with Crippen molar-refractivity contribution in [1.29, 1.82) is 0 Å². The summed E-state index contributed by atoms with van der Waals surface area (Å²) in [6.07, 6.45) is -4.39. The maximum atomic E-state index is 12.5. The molecule has 0 aromatic carbocycles. The molecule has 1 rings (SSSR count). The smallest absolute Gasteiger partial charge is 0.355 e. The Morgan fingerprint density at radius 3 is 2.57 bits per heavy atom. The first-order chi connectivity index (χ1) is 10.8. The monoisotopic (exact) mass is 351 g/mol. The molecule has 132 valence electrons. The molecule has 23 heavy (non-hydrogen) atoms. The highest BCUT2D eigenvalue weighted by Gasteiger charge is 2.33. The number of hydrogen-bond acceptors (Lipinski definition) is 4. The van der Waals surface area contributed by atoms with Gasteiger partial charge in [-0.05, 0) is 20.4 Å². The molecule has 1 heterocycles. The standard InChI is InChI=1S/C14H24F3N5S/c1-5-22(10(2)3)7-6-19-13(18-4)20-8-12-21-11(9-23-12)14(15,16)17/h9-10H,5-8H2,1-4H3,(H2,18,19,20). The van der Waals surface area contributed by atoms with Gasteiger partial charge in [-0.2, -0.15) is 13.2 Å². The normalized spacial score (nSPS) is 13.0. The number of halogens is 3. The lowest BCUT2D eigenvalue weighted by molar-refractivity contribution is -0.140. The second kappa shape index (κ2) is 9.07. The Hall–Kier alpha value is -1.35. The van der Waals surface area contributed by atoms with Crippen molar-refractivity contribution in [2.75, 3.05) is 26.7 Å². The average molecular weight is 351 g/mol. The first-order valence-electron chi connectivity index (χ1n) is 7.48. The van der Waals surface area contributed by atoms with Gasteiger partial charge in [0.2, 0.25) is 0 Å². The number of alkyl halides is 3. The van der Waals surface area contributed by atoms with E-state index in [1.54, 1.807) is 7.05 Å². The van der Waals surface area contributed by atoms with Crippen LogP contribution in [-0.2, 0) is 12.7 Å². The number of aliphatic imine (C=N–C) groups is 1. The van der Waals surface area contributed by atoms with E-state index in [2.05, 4.69) is 46.3 Å². The van der Waals surface area contributed by atoms with Gasteiger partial charge in [-0.25, -0.2) is 4.98 Å². The number of rotatable bonds is 7. The van der Waals surface area contributed by atoms with Crippen LogP contribution in [0.3, 0.4) is 0 Å². The summed E-state index contributed by atoms with van der Waals surface area (Å²) in [5.41, 5.74) is -0.849. The molecule has 0 fully saturated rings. The third kappa shape index (κ3) is 6.74. The fourth-order valence-electron chi connectivity index (χ4n) is 2.00. The van der Waals surface area contributed by atoms with Crippen molar-refractivity contribution in [2.45, 2.75) is 39.5 Å². The molecule has 0 unspecified atom stereocenters. The molecule has 5 nitrogen and oxygen atoms in total. The van der Waals surface area contributed by atoms with Crippen LogP contribution in [0, 0.1) is 0 Å². The molecule has 9 heteroatoms. The Labute approximate surface area is 139 Å². The van der Waals surface area contributed by atoms with Gasteiger partial charge in [-0.15, -0.1) is 11.3 Å². The summed E-state index contributed by atoms with van der Waals surface area (Å²) in [4.78, 5) is 9.93. The first-order valence-corrected chi connectivity index (χ1v) is 8.36. The lowest BCUT2D eigenvalue weighted by Crippen LogP contribution is -2.42. The fourth-order valence-corrected chi connectivity index (χ4v) is 2.74. The summed E-state index contributed by atoms with van der Waals surface area (Å²) < 4.78 is 37.5. The summed E-state index contributed by atoms with van der Waals surface area (Å²) in [6, 6.07) is 0.466. The van der Waals surface area contributed by atoms with Gasteiger partial charge in [0, 0.05) is 31.6 Å². The quantitative estimate of drug-likeness (QED) is 0.586. The predicted molar refractivity (Wildman–Crippen MR) is 87.7 cm³/mol.